The van der Waals surface area contributed by atoms with Crippen molar-refractivity contribution in [1.29, 1.82) is 0 Å². The lowest BCUT2D eigenvalue weighted by molar-refractivity contribution is -0.384. The summed E-state index contributed by atoms with van der Waals surface area (Å²) in [5.41, 5.74) is 1.01. The van der Waals surface area contributed by atoms with Crippen molar-refractivity contribution in [3.8, 4) is 0 Å². The summed E-state index contributed by atoms with van der Waals surface area (Å²) in [4.78, 5) is 25.8. The lowest BCUT2D eigenvalue weighted by atomic mass is 9.95. The second kappa shape index (κ2) is 12.7. The van der Waals surface area contributed by atoms with Crippen molar-refractivity contribution in [3.63, 3.8) is 0 Å². The van der Waals surface area contributed by atoms with Crippen LogP contribution < -0.4 is 15.5 Å². The van der Waals surface area contributed by atoms with Crippen LogP contribution in [0.5, 0.6) is 0 Å². The molecule has 0 unspecified atom stereocenters. The molecule has 0 spiro atoms. The zero-order chi connectivity index (χ0) is 20.5. The molecular formula is C22H35ClN4O3. The lowest BCUT2D eigenvalue weighted by Gasteiger charge is -2.23. The summed E-state index contributed by atoms with van der Waals surface area (Å²) in [6.07, 6.45) is 11.7. The average molecular weight is 439 g/mol. The first-order chi connectivity index (χ1) is 14.1. The molecule has 1 aromatic carbocycles. The molecule has 1 amide bonds. The van der Waals surface area contributed by atoms with Crippen molar-refractivity contribution < 1.29 is 9.72 Å². The van der Waals surface area contributed by atoms with E-state index in [-0.39, 0.29) is 28.9 Å². The monoisotopic (exact) mass is 438 g/mol. The molecule has 1 saturated carbocycles. The third-order valence-corrected chi connectivity index (χ3v) is 6.06. The number of hydrogen-bond donors (Lipinski definition) is 2. The number of nitro benzene ring substituents is 1. The van der Waals surface area contributed by atoms with Gasteiger partial charge in [-0.25, -0.2) is 0 Å². The first-order valence-corrected chi connectivity index (χ1v) is 11.2. The first kappa shape index (κ1) is 24.4. The van der Waals surface area contributed by atoms with Crippen molar-refractivity contribution in [2.75, 3.05) is 31.1 Å². The number of benzene rings is 1. The standard InChI is InChI=1S/C22H34N4O3.ClH/c27-22(24-14-8-13-23-19-9-4-3-5-10-19)18-11-12-20(21(17-18)26(28)29)25-15-6-1-2-7-16-25;/h11-12,17,19,23H,1-10,13-16H2,(H,24,27);1H. The van der Waals surface area contributed by atoms with Gasteiger partial charge in [-0.2, -0.15) is 0 Å². The molecule has 1 heterocycles. The van der Waals surface area contributed by atoms with Crippen molar-refractivity contribution in [2.45, 2.75) is 70.3 Å². The second-order valence-electron chi connectivity index (χ2n) is 8.26. The second-order valence-corrected chi connectivity index (χ2v) is 8.26. The molecule has 3 rings (SSSR count). The molecule has 0 atom stereocenters. The van der Waals surface area contributed by atoms with E-state index in [1.807, 2.05) is 0 Å². The highest BCUT2D eigenvalue weighted by atomic mass is 35.5. The number of carbonyl (C=O) groups is 1. The van der Waals surface area contributed by atoms with Crippen molar-refractivity contribution >= 4 is 29.7 Å². The number of carbonyl (C=O) groups excluding carboxylic acids is 1. The van der Waals surface area contributed by atoms with E-state index in [1.54, 1.807) is 12.1 Å². The van der Waals surface area contributed by atoms with Gasteiger partial charge < -0.3 is 15.5 Å². The summed E-state index contributed by atoms with van der Waals surface area (Å²) in [6, 6.07) is 5.50. The fourth-order valence-corrected chi connectivity index (χ4v) is 4.40. The van der Waals surface area contributed by atoms with Gasteiger partial charge in [-0.3, -0.25) is 14.9 Å². The highest BCUT2D eigenvalue weighted by Crippen LogP contribution is 2.31. The van der Waals surface area contributed by atoms with E-state index in [1.165, 1.54) is 51.0 Å². The molecule has 7 nitrogen and oxygen atoms in total. The maximum absolute atomic E-state index is 12.5. The zero-order valence-corrected chi connectivity index (χ0v) is 18.6. The Bertz CT molecular complexity index is 687. The Labute approximate surface area is 185 Å². The smallest absolute Gasteiger partial charge is 0.293 e. The molecule has 0 bridgehead atoms. The summed E-state index contributed by atoms with van der Waals surface area (Å²) in [7, 11) is 0. The Morgan fingerprint density at radius 2 is 1.70 bits per heavy atom. The highest BCUT2D eigenvalue weighted by molar-refractivity contribution is 5.95. The van der Waals surface area contributed by atoms with Crippen LogP contribution in [0.15, 0.2) is 18.2 Å². The molecule has 1 aliphatic heterocycles. The largest absolute Gasteiger partial charge is 0.366 e. The van der Waals surface area contributed by atoms with Crippen LogP contribution in [0.4, 0.5) is 11.4 Å². The molecule has 2 N–H and O–H groups in total. The van der Waals surface area contributed by atoms with Gasteiger partial charge in [-0.1, -0.05) is 32.1 Å². The SMILES string of the molecule is Cl.O=C(NCCCNC1CCCCC1)c1ccc(N2CCCCCC2)c([N+](=O)[O-])c1. The maximum atomic E-state index is 12.5. The van der Waals surface area contributed by atoms with E-state index in [0.717, 1.165) is 38.9 Å². The number of rotatable bonds is 8. The molecule has 1 aliphatic carbocycles. The Morgan fingerprint density at radius 3 is 2.37 bits per heavy atom. The molecule has 0 radical (unpaired) electrons. The predicted octanol–water partition coefficient (Wildman–Crippen LogP) is 4.44. The molecule has 8 heteroatoms. The van der Waals surface area contributed by atoms with E-state index in [2.05, 4.69) is 15.5 Å². The third kappa shape index (κ3) is 7.13. The van der Waals surface area contributed by atoms with E-state index in [4.69, 9.17) is 0 Å². The molecule has 1 saturated heterocycles. The predicted molar refractivity (Wildman–Crippen MR) is 123 cm³/mol. The number of halogens is 1. The van der Waals surface area contributed by atoms with Gasteiger partial charge in [0.25, 0.3) is 11.6 Å². The minimum Gasteiger partial charge on any atom is -0.366 e. The average Bonchev–Trinajstić information content (AvgIpc) is 3.03. The topological polar surface area (TPSA) is 87.5 Å². The minimum atomic E-state index is -0.370. The quantitative estimate of drug-likeness (QED) is 0.356. The highest BCUT2D eigenvalue weighted by Gasteiger charge is 2.22. The summed E-state index contributed by atoms with van der Waals surface area (Å²) in [5, 5.41) is 18.1. The summed E-state index contributed by atoms with van der Waals surface area (Å²) < 4.78 is 0. The number of nitrogens with one attached hydrogen (secondary N) is 2. The molecule has 168 valence electrons. The van der Waals surface area contributed by atoms with E-state index < -0.39 is 0 Å². The number of nitrogens with zero attached hydrogens (tertiary/aromatic N) is 2. The first-order valence-electron chi connectivity index (χ1n) is 11.2. The summed E-state index contributed by atoms with van der Waals surface area (Å²) in [6.45, 7) is 3.12. The van der Waals surface area contributed by atoms with Crippen LogP contribution >= 0.6 is 12.4 Å². The molecule has 30 heavy (non-hydrogen) atoms. The normalized spacial score (nSPS) is 17.7. The zero-order valence-electron chi connectivity index (χ0n) is 17.7. The van der Waals surface area contributed by atoms with Gasteiger partial charge in [0.2, 0.25) is 0 Å². The Kier molecular flexibility index (Phi) is 10.4. The fourth-order valence-electron chi connectivity index (χ4n) is 4.40. The van der Waals surface area contributed by atoms with Crippen molar-refractivity contribution in [1.82, 2.24) is 10.6 Å². The number of amides is 1. The maximum Gasteiger partial charge on any atom is 0.293 e. The van der Waals surface area contributed by atoms with Gasteiger partial charge in [0.05, 0.1) is 4.92 Å². The van der Waals surface area contributed by atoms with Gasteiger partial charge in [-0.05, 0) is 50.8 Å². The summed E-state index contributed by atoms with van der Waals surface area (Å²) >= 11 is 0. The Hall–Kier alpha value is -1.86. The summed E-state index contributed by atoms with van der Waals surface area (Å²) in [5.74, 6) is -0.242. The van der Waals surface area contributed by atoms with E-state index in [9.17, 15) is 14.9 Å². The van der Waals surface area contributed by atoms with Crippen LogP contribution in [0, 0.1) is 10.1 Å². The van der Waals surface area contributed by atoms with Gasteiger partial charge in [-0.15, -0.1) is 12.4 Å². The molecule has 0 aromatic heterocycles. The van der Waals surface area contributed by atoms with Gasteiger partial charge in [0.1, 0.15) is 5.69 Å². The lowest BCUT2D eigenvalue weighted by Crippen LogP contribution is -2.34. The van der Waals surface area contributed by atoms with Crippen LogP contribution in [0.25, 0.3) is 0 Å². The van der Waals surface area contributed by atoms with Crippen LogP contribution in [0.2, 0.25) is 0 Å². The van der Waals surface area contributed by atoms with Crippen LogP contribution in [-0.4, -0.2) is 43.1 Å². The van der Waals surface area contributed by atoms with E-state index >= 15 is 0 Å². The number of nitro groups is 1. The molecule has 1 aromatic rings. The van der Waals surface area contributed by atoms with Gasteiger partial charge in [0, 0.05) is 37.3 Å². The number of anilines is 1. The Morgan fingerprint density at radius 1 is 1.03 bits per heavy atom. The third-order valence-electron chi connectivity index (χ3n) is 6.06. The molecule has 2 fully saturated rings. The van der Waals surface area contributed by atoms with Crippen LogP contribution in [0.1, 0.15) is 74.6 Å². The molecule has 2 aliphatic rings. The van der Waals surface area contributed by atoms with Crippen molar-refractivity contribution in [2.24, 2.45) is 0 Å². The van der Waals surface area contributed by atoms with E-state index in [0.29, 0.717) is 23.8 Å². The van der Waals surface area contributed by atoms with Crippen LogP contribution in [-0.2, 0) is 0 Å². The fraction of sp³-hybridized carbons (Fsp3) is 0.682. The molecular weight excluding hydrogens is 404 g/mol. The number of hydrogen-bond acceptors (Lipinski definition) is 5. The Balaban J connectivity index is 0.00000320. The minimum absolute atomic E-state index is 0. The van der Waals surface area contributed by atoms with Crippen LogP contribution in [0.3, 0.4) is 0 Å². The van der Waals surface area contributed by atoms with Gasteiger partial charge >= 0.3 is 0 Å². The van der Waals surface area contributed by atoms with Gasteiger partial charge in [0.15, 0.2) is 0 Å². The van der Waals surface area contributed by atoms with Crippen molar-refractivity contribution in [3.05, 3.63) is 33.9 Å².